The molecule has 0 atom stereocenters. The van der Waals surface area contributed by atoms with E-state index >= 15 is 0 Å². The number of hydrogen-bond donors (Lipinski definition) is 0. The quantitative estimate of drug-likeness (QED) is 0.647. The summed E-state index contributed by atoms with van der Waals surface area (Å²) in [5.74, 6) is -0.481. The average molecular weight is 192 g/mol. The van der Waals surface area contributed by atoms with Gasteiger partial charge in [0.05, 0.1) is 12.7 Å². The zero-order valence-corrected chi connectivity index (χ0v) is 7.65. The van der Waals surface area contributed by atoms with E-state index < -0.39 is 12.9 Å². The Labute approximate surface area is 86.1 Å². The topological polar surface area (TPSA) is 31.2 Å². The van der Waals surface area contributed by atoms with E-state index in [1.165, 1.54) is 19.4 Å². The summed E-state index contributed by atoms with van der Waals surface area (Å²) >= 11 is 0. The van der Waals surface area contributed by atoms with Crippen molar-refractivity contribution in [3.63, 3.8) is 0 Å². The Morgan fingerprint density at radius 2 is 2.36 bits per heavy atom. The van der Waals surface area contributed by atoms with Crippen LogP contribution < -0.4 is 0 Å². The van der Waals surface area contributed by atoms with Gasteiger partial charge in [0.1, 0.15) is 0 Å². The first-order valence-corrected chi connectivity index (χ1v) is 4.13. The molecule has 0 aliphatic heterocycles. The molecule has 3 nitrogen and oxygen atoms in total. The number of esters is 1. The molecular formula is C11H11NO2. The third-order valence-corrected chi connectivity index (χ3v) is 2.11. The Hall–Kier alpha value is -1.77. The van der Waals surface area contributed by atoms with Gasteiger partial charge in [0.2, 0.25) is 0 Å². The molecule has 1 aromatic carbocycles. The summed E-state index contributed by atoms with van der Waals surface area (Å²) in [5.41, 5.74) is 0.831. The predicted molar refractivity (Wildman–Crippen MR) is 54.3 cm³/mol. The molecule has 0 saturated heterocycles. The molecular weight excluding hydrogens is 178 g/mol. The van der Waals surface area contributed by atoms with Crippen molar-refractivity contribution < 1.29 is 13.6 Å². The molecule has 14 heavy (non-hydrogen) atoms. The van der Waals surface area contributed by atoms with Crippen LogP contribution in [0.15, 0.2) is 30.5 Å². The Morgan fingerprint density at radius 1 is 1.50 bits per heavy atom. The van der Waals surface area contributed by atoms with E-state index in [9.17, 15) is 4.79 Å². The lowest BCUT2D eigenvalue weighted by Crippen LogP contribution is -2.00. The fourth-order valence-electron chi connectivity index (χ4n) is 1.37. The number of carbonyl (C=O) groups is 1. The summed E-state index contributed by atoms with van der Waals surface area (Å²) in [4.78, 5) is 11.4. The molecule has 0 N–H and O–H groups in total. The highest BCUT2D eigenvalue weighted by atomic mass is 16.5. The van der Waals surface area contributed by atoms with Crippen molar-refractivity contribution in [3.8, 4) is 0 Å². The lowest BCUT2D eigenvalue weighted by atomic mass is 10.2. The number of benzene rings is 1. The smallest absolute Gasteiger partial charge is 0.337 e. The monoisotopic (exact) mass is 192 g/mol. The summed E-state index contributed by atoms with van der Waals surface area (Å²) in [6.07, 6.45) is 1.48. The van der Waals surface area contributed by atoms with Crippen molar-refractivity contribution in [2.75, 3.05) is 7.11 Å². The van der Waals surface area contributed by atoms with Crippen molar-refractivity contribution in [1.29, 1.82) is 0 Å². The standard InChI is InChI=1S/C11H11NO2/c1-12-6-5-8-3-4-9(7-10(8)12)11(13)14-2/h3-7H,1-2H3/i1D3. The van der Waals surface area contributed by atoms with E-state index in [0.717, 1.165) is 9.95 Å². The summed E-state index contributed by atoms with van der Waals surface area (Å²) in [5, 5.41) is 0.772. The molecule has 0 bridgehead atoms. The van der Waals surface area contributed by atoms with Crippen molar-refractivity contribution in [2.45, 2.75) is 0 Å². The molecule has 0 spiro atoms. The van der Waals surface area contributed by atoms with Crippen LogP contribution in [0.2, 0.25) is 0 Å². The van der Waals surface area contributed by atoms with Gasteiger partial charge in [0.25, 0.3) is 0 Å². The van der Waals surface area contributed by atoms with Gasteiger partial charge in [0.15, 0.2) is 0 Å². The van der Waals surface area contributed by atoms with Crippen molar-refractivity contribution in [2.24, 2.45) is 6.98 Å². The number of carbonyl (C=O) groups excluding carboxylic acids is 1. The molecule has 2 aromatic rings. The Morgan fingerprint density at radius 3 is 3.07 bits per heavy atom. The number of fused-ring (bicyclic) bond motifs is 1. The zero-order chi connectivity index (χ0) is 12.6. The summed E-state index contributed by atoms with van der Waals surface area (Å²) in [6, 6.07) is 6.53. The second-order valence-corrected chi connectivity index (χ2v) is 2.95. The molecule has 72 valence electrons. The lowest BCUT2D eigenvalue weighted by molar-refractivity contribution is 0.0601. The van der Waals surface area contributed by atoms with E-state index in [2.05, 4.69) is 4.74 Å². The second kappa shape index (κ2) is 3.18. The fraction of sp³-hybridized carbons (Fsp3) is 0.182. The number of nitrogens with zero attached hydrogens (tertiary/aromatic N) is 1. The van der Waals surface area contributed by atoms with Gasteiger partial charge >= 0.3 is 5.97 Å². The first kappa shape index (κ1) is 5.86. The molecule has 0 aliphatic carbocycles. The number of hydrogen-bond acceptors (Lipinski definition) is 2. The van der Waals surface area contributed by atoms with Gasteiger partial charge in [-0.25, -0.2) is 4.79 Å². The lowest BCUT2D eigenvalue weighted by Gasteiger charge is -2.00. The molecule has 1 aromatic heterocycles. The van der Waals surface area contributed by atoms with Gasteiger partial charge in [0, 0.05) is 22.8 Å². The van der Waals surface area contributed by atoms with E-state index in [1.54, 1.807) is 18.2 Å². The van der Waals surface area contributed by atoms with Gasteiger partial charge in [-0.15, -0.1) is 0 Å². The largest absolute Gasteiger partial charge is 0.465 e. The van der Waals surface area contributed by atoms with Gasteiger partial charge in [-0.3, -0.25) is 0 Å². The molecule has 0 saturated carbocycles. The zero-order valence-electron chi connectivity index (χ0n) is 10.7. The Kier molecular flexibility index (Phi) is 1.33. The SMILES string of the molecule is [2H]C([2H])([2H])n1ccc2ccc(C(=O)OC)cc21. The van der Waals surface area contributed by atoms with Crippen LogP contribution in [0.5, 0.6) is 0 Å². The number of ether oxygens (including phenoxy) is 1. The van der Waals surface area contributed by atoms with Crippen molar-refractivity contribution >= 4 is 16.9 Å². The van der Waals surface area contributed by atoms with Crippen LogP contribution in [0.3, 0.4) is 0 Å². The van der Waals surface area contributed by atoms with Crippen molar-refractivity contribution in [3.05, 3.63) is 36.0 Å². The maximum absolute atomic E-state index is 11.4. The van der Waals surface area contributed by atoms with Gasteiger partial charge in [-0.1, -0.05) is 6.07 Å². The van der Waals surface area contributed by atoms with Crippen LogP contribution in [-0.2, 0) is 11.7 Å². The third-order valence-electron chi connectivity index (χ3n) is 2.11. The number of rotatable bonds is 1. The second-order valence-electron chi connectivity index (χ2n) is 2.95. The minimum Gasteiger partial charge on any atom is -0.465 e. The minimum absolute atomic E-state index is 0.337. The fourth-order valence-corrected chi connectivity index (χ4v) is 1.37. The highest BCUT2D eigenvalue weighted by Crippen LogP contribution is 2.16. The summed E-state index contributed by atoms with van der Waals surface area (Å²) < 4.78 is 27.9. The maximum Gasteiger partial charge on any atom is 0.337 e. The van der Waals surface area contributed by atoms with Gasteiger partial charge < -0.3 is 9.30 Å². The molecule has 0 radical (unpaired) electrons. The van der Waals surface area contributed by atoms with Gasteiger partial charge in [-0.2, -0.15) is 0 Å². The highest BCUT2D eigenvalue weighted by Gasteiger charge is 2.06. The molecule has 0 amide bonds. The molecule has 3 heteroatoms. The molecule has 0 fully saturated rings. The summed E-state index contributed by atoms with van der Waals surface area (Å²) in [7, 11) is 1.29. The molecule has 0 aliphatic rings. The van der Waals surface area contributed by atoms with Gasteiger partial charge in [-0.05, 0) is 23.6 Å². The molecule has 2 rings (SSSR count). The van der Waals surface area contributed by atoms with Crippen LogP contribution in [0.4, 0.5) is 0 Å². The van der Waals surface area contributed by atoms with E-state index in [-0.39, 0.29) is 0 Å². The Bertz CT molecular complexity index is 572. The minimum atomic E-state index is -2.25. The number of aromatic nitrogens is 1. The Balaban J connectivity index is 2.62. The van der Waals surface area contributed by atoms with E-state index in [4.69, 9.17) is 4.11 Å². The third kappa shape index (κ3) is 1.27. The van der Waals surface area contributed by atoms with E-state index in [1.807, 2.05) is 0 Å². The normalized spacial score (nSPS) is 14.5. The van der Waals surface area contributed by atoms with Crippen LogP contribution in [-0.4, -0.2) is 17.6 Å². The summed E-state index contributed by atoms with van der Waals surface area (Å²) in [6.45, 7) is -2.25. The highest BCUT2D eigenvalue weighted by molar-refractivity contribution is 5.94. The van der Waals surface area contributed by atoms with Crippen LogP contribution in [0, 0.1) is 0 Å². The number of methoxy groups -OCH3 is 1. The van der Waals surface area contributed by atoms with Crippen LogP contribution in [0.25, 0.3) is 10.9 Å². The average Bonchev–Trinajstić information content (AvgIpc) is 2.70. The predicted octanol–water partition coefficient (Wildman–Crippen LogP) is 1.96. The maximum atomic E-state index is 11.4. The van der Waals surface area contributed by atoms with E-state index in [0.29, 0.717) is 11.1 Å². The van der Waals surface area contributed by atoms with Crippen LogP contribution >= 0.6 is 0 Å². The van der Waals surface area contributed by atoms with Crippen LogP contribution in [0.1, 0.15) is 14.5 Å². The molecule has 0 unspecified atom stereocenters. The first-order valence-electron chi connectivity index (χ1n) is 5.63. The van der Waals surface area contributed by atoms with Crippen molar-refractivity contribution in [1.82, 2.24) is 4.57 Å². The first-order chi connectivity index (χ1) is 7.93. The molecule has 1 heterocycles. The number of aryl methyl sites for hydroxylation is 1.